The number of anilines is 1. The first-order valence-corrected chi connectivity index (χ1v) is 8.09. The minimum absolute atomic E-state index is 0.375. The minimum Gasteiger partial charge on any atom is -0.495 e. The highest BCUT2D eigenvalue weighted by atomic mass is 16.5. The molecule has 1 atom stereocenters. The molecule has 0 radical (unpaired) electrons. The standard InChI is InChI=1S/C19H19N3O4/c1-12-6-8-16(25-3)15(11-12)20-19(24)13(2)22-18(23)9-7-14(21-22)17-5-4-10-26-17/h4-11,13H,1-3H3,(H,20,24). The second-order valence-corrected chi connectivity index (χ2v) is 5.85. The highest BCUT2D eigenvalue weighted by Gasteiger charge is 2.20. The number of furan rings is 1. The average Bonchev–Trinajstić information content (AvgIpc) is 3.16. The molecule has 1 amide bonds. The van der Waals surface area contributed by atoms with E-state index in [2.05, 4.69) is 10.4 Å². The number of amides is 1. The van der Waals surface area contributed by atoms with Gasteiger partial charge >= 0.3 is 0 Å². The number of aromatic nitrogens is 2. The number of methoxy groups -OCH3 is 1. The Kier molecular flexibility index (Phi) is 4.88. The van der Waals surface area contributed by atoms with Crippen molar-refractivity contribution in [3.05, 3.63) is 64.6 Å². The van der Waals surface area contributed by atoms with Crippen LogP contribution in [-0.4, -0.2) is 22.8 Å². The molecule has 2 heterocycles. The van der Waals surface area contributed by atoms with Gasteiger partial charge in [-0.05, 0) is 49.7 Å². The van der Waals surface area contributed by atoms with Crippen LogP contribution in [0.25, 0.3) is 11.5 Å². The fraction of sp³-hybridized carbons (Fsp3) is 0.211. The van der Waals surface area contributed by atoms with Crippen molar-refractivity contribution in [1.82, 2.24) is 9.78 Å². The van der Waals surface area contributed by atoms with Gasteiger partial charge in [0.05, 0.1) is 19.1 Å². The van der Waals surface area contributed by atoms with Gasteiger partial charge in [0.25, 0.3) is 5.56 Å². The second kappa shape index (κ2) is 7.26. The maximum atomic E-state index is 12.7. The molecular formula is C19H19N3O4. The topological polar surface area (TPSA) is 86.4 Å². The molecule has 1 aromatic carbocycles. The number of carbonyl (C=O) groups is 1. The van der Waals surface area contributed by atoms with Crippen LogP contribution in [0.2, 0.25) is 0 Å². The van der Waals surface area contributed by atoms with Crippen LogP contribution in [-0.2, 0) is 4.79 Å². The molecule has 0 aliphatic heterocycles. The van der Waals surface area contributed by atoms with Crippen molar-refractivity contribution in [3.8, 4) is 17.2 Å². The van der Waals surface area contributed by atoms with Crippen molar-refractivity contribution in [3.63, 3.8) is 0 Å². The van der Waals surface area contributed by atoms with Gasteiger partial charge in [-0.2, -0.15) is 5.10 Å². The Bertz CT molecular complexity index is 977. The van der Waals surface area contributed by atoms with Gasteiger partial charge in [-0.1, -0.05) is 6.07 Å². The van der Waals surface area contributed by atoms with Crippen molar-refractivity contribution < 1.29 is 13.9 Å². The maximum Gasteiger partial charge on any atom is 0.267 e. The van der Waals surface area contributed by atoms with E-state index in [0.29, 0.717) is 22.9 Å². The van der Waals surface area contributed by atoms with E-state index in [1.54, 1.807) is 37.3 Å². The summed E-state index contributed by atoms with van der Waals surface area (Å²) in [5.41, 5.74) is 1.62. The summed E-state index contributed by atoms with van der Waals surface area (Å²) in [5.74, 6) is 0.688. The van der Waals surface area contributed by atoms with E-state index in [1.807, 2.05) is 13.0 Å². The van der Waals surface area contributed by atoms with Crippen molar-refractivity contribution >= 4 is 11.6 Å². The third kappa shape index (κ3) is 3.51. The molecule has 26 heavy (non-hydrogen) atoms. The Labute approximate surface area is 150 Å². The minimum atomic E-state index is -0.817. The Balaban J connectivity index is 1.88. The van der Waals surface area contributed by atoms with Gasteiger partial charge in [-0.15, -0.1) is 0 Å². The zero-order valence-electron chi connectivity index (χ0n) is 14.7. The fourth-order valence-corrected chi connectivity index (χ4v) is 2.53. The summed E-state index contributed by atoms with van der Waals surface area (Å²) in [4.78, 5) is 24.8. The predicted octanol–water partition coefficient (Wildman–Crippen LogP) is 3.02. The lowest BCUT2D eigenvalue weighted by molar-refractivity contribution is -0.119. The van der Waals surface area contributed by atoms with Gasteiger partial charge < -0.3 is 14.5 Å². The summed E-state index contributed by atoms with van der Waals surface area (Å²) in [5, 5.41) is 7.05. The number of nitrogens with zero attached hydrogens (tertiary/aromatic N) is 2. The molecule has 7 nitrogen and oxygen atoms in total. The monoisotopic (exact) mass is 353 g/mol. The van der Waals surface area contributed by atoms with Crippen molar-refractivity contribution in [2.75, 3.05) is 12.4 Å². The first-order valence-electron chi connectivity index (χ1n) is 8.09. The van der Waals surface area contributed by atoms with Crippen LogP contribution in [0.1, 0.15) is 18.5 Å². The number of hydrogen-bond donors (Lipinski definition) is 1. The lowest BCUT2D eigenvalue weighted by atomic mass is 10.2. The Hall–Kier alpha value is -3.35. The van der Waals surface area contributed by atoms with Crippen molar-refractivity contribution in [1.29, 1.82) is 0 Å². The van der Waals surface area contributed by atoms with E-state index in [0.717, 1.165) is 10.2 Å². The Morgan fingerprint density at radius 2 is 2.08 bits per heavy atom. The van der Waals surface area contributed by atoms with Crippen LogP contribution >= 0.6 is 0 Å². The molecule has 0 saturated carbocycles. The molecule has 134 valence electrons. The first kappa shape index (κ1) is 17.5. The van der Waals surface area contributed by atoms with Crippen molar-refractivity contribution in [2.45, 2.75) is 19.9 Å². The summed E-state index contributed by atoms with van der Waals surface area (Å²) in [7, 11) is 1.53. The molecule has 7 heteroatoms. The molecule has 3 rings (SSSR count). The average molecular weight is 353 g/mol. The van der Waals surface area contributed by atoms with Crippen molar-refractivity contribution in [2.24, 2.45) is 0 Å². The highest BCUT2D eigenvalue weighted by Crippen LogP contribution is 2.26. The van der Waals surface area contributed by atoms with E-state index < -0.39 is 6.04 Å². The zero-order chi connectivity index (χ0) is 18.7. The molecule has 0 aliphatic carbocycles. The van der Waals surface area contributed by atoms with E-state index in [4.69, 9.17) is 9.15 Å². The van der Waals surface area contributed by atoms with E-state index >= 15 is 0 Å². The number of benzene rings is 1. The molecule has 0 aliphatic rings. The smallest absolute Gasteiger partial charge is 0.267 e. The van der Waals surface area contributed by atoms with Crippen LogP contribution < -0.4 is 15.6 Å². The van der Waals surface area contributed by atoms with E-state index in [1.165, 1.54) is 19.4 Å². The first-order chi connectivity index (χ1) is 12.5. The molecule has 1 N–H and O–H groups in total. The highest BCUT2D eigenvalue weighted by molar-refractivity contribution is 5.94. The Morgan fingerprint density at radius 1 is 1.27 bits per heavy atom. The molecule has 1 unspecified atom stereocenters. The molecule has 0 spiro atoms. The molecule has 0 fully saturated rings. The Morgan fingerprint density at radius 3 is 2.77 bits per heavy atom. The van der Waals surface area contributed by atoms with Gasteiger partial charge in [-0.25, -0.2) is 4.68 Å². The maximum absolute atomic E-state index is 12.7. The van der Waals surface area contributed by atoms with Gasteiger partial charge in [0, 0.05) is 6.07 Å². The fourth-order valence-electron chi connectivity index (χ4n) is 2.53. The number of carbonyl (C=O) groups excluding carboxylic acids is 1. The van der Waals surface area contributed by atoms with Crippen LogP contribution in [0.5, 0.6) is 5.75 Å². The number of aryl methyl sites for hydroxylation is 1. The van der Waals surface area contributed by atoms with Gasteiger partial charge in [-0.3, -0.25) is 9.59 Å². The number of rotatable bonds is 5. The largest absolute Gasteiger partial charge is 0.495 e. The lowest BCUT2D eigenvalue weighted by Crippen LogP contribution is -2.33. The predicted molar refractivity (Wildman–Crippen MR) is 97.3 cm³/mol. The second-order valence-electron chi connectivity index (χ2n) is 5.85. The lowest BCUT2D eigenvalue weighted by Gasteiger charge is -2.16. The molecule has 2 aromatic heterocycles. The molecule has 0 bridgehead atoms. The third-order valence-corrected chi connectivity index (χ3v) is 3.96. The van der Waals surface area contributed by atoms with Crippen LogP contribution in [0.15, 0.2) is 57.9 Å². The number of hydrogen-bond acceptors (Lipinski definition) is 5. The zero-order valence-corrected chi connectivity index (χ0v) is 14.7. The number of ether oxygens (including phenoxy) is 1. The van der Waals surface area contributed by atoms with E-state index in [9.17, 15) is 9.59 Å². The van der Waals surface area contributed by atoms with Crippen LogP contribution in [0.3, 0.4) is 0 Å². The summed E-state index contributed by atoms with van der Waals surface area (Å²) in [6.45, 7) is 3.52. The third-order valence-electron chi connectivity index (χ3n) is 3.96. The SMILES string of the molecule is COc1ccc(C)cc1NC(=O)C(C)n1nc(-c2ccco2)ccc1=O. The quantitative estimate of drug-likeness (QED) is 0.762. The van der Waals surface area contributed by atoms with Gasteiger partial charge in [0.15, 0.2) is 5.76 Å². The van der Waals surface area contributed by atoms with Crippen LogP contribution in [0, 0.1) is 6.92 Å². The molecular weight excluding hydrogens is 334 g/mol. The van der Waals surface area contributed by atoms with E-state index in [-0.39, 0.29) is 11.5 Å². The van der Waals surface area contributed by atoms with Gasteiger partial charge in [0.2, 0.25) is 5.91 Å². The molecule has 3 aromatic rings. The van der Waals surface area contributed by atoms with Gasteiger partial charge in [0.1, 0.15) is 17.5 Å². The number of nitrogens with one attached hydrogen (secondary N) is 1. The summed E-state index contributed by atoms with van der Waals surface area (Å²) in [6.07, 6.45) is 1.52. The summed E-state index contributed by atoms with van der Waals surface area (Å²) < 4.78 is 11.7. The summed E-state index contributed by atoms with van der Waals surface area (Å²) >= 11 is 0. The summed E-state index contributed by atoms with van der Waals surface area (Å²) in [6, 6.07) is 11.0. The normalized spacial score (nSPS) is 11.8. The van der Waals surface area contributed by atoms with Crippen LogP contribution in [0.4, 0.5) is 5.69 Å². The molecule has 0 saturated heterocycles.